The minimum Gasteiger partial charge on any atom is -0.383 e. The number of thiophene rings is 1. The molecule has 1 heterocycles. The van der Waals surface area contributed by atoms with E-state index >= 15 is 0 Å². The molecule has 3 N–H and O–H groups in total. The summed E-state index contributed by atoms with van der Waals surface area (Å²) in [5, 5.41) is 7.54. The van der Waals surface area contributed by atoms with Crippen molar-refractivity contribution in [2.45, 2.75) is 20.2 Å². The quantitative estimate of drug-likeness (QED) is 0.311. The maximum atomic E-state index is 13.4. The summed E-state index contributed by atoms with van der Waals surface area (Å²) < 4.78 is 66.9. The third-order valence-corrected chi connectivity index (χ3v) is 8.43. The lowest BCUT2D eigenvalue weighted by Crippen LogP contribution is -2.09. The molecule has 0 aliphatic carbocycles. The molecule has 0 spiro atoms. The van der Waals surface area contributed by atoms with Crippen molar-refractivity contribution in [3.8, 4) is 11.1 Å². The minimum absolute atomic E-state index is 0.0125. The van der Waals surface area contributed by atoms with Crippen LogP contribution in [0.4, 0.5) is 13.2 Å². The van der Waals surface area contributed by atoms with Gasteiger partial charge in [0, 0.05) is 0 Å². The summed E-state index contributed by atoms with van der Waals surface area (Å²) in [5.74, 6) is -0.250. The number of nitrogens with one attached hydrogen (secondary N) is 1. The smallest absolute Gasteiger partial charge is 0.383 e. The van der Waals surface area contributed by atoms with Gasteiger partial charge in [-0.3, -0.25) is 5.41 Å². The van der Waals surface area contributed by atoms with Crippen molar-refractivity contribution in [2.75, 3.05) is 6.26 Å². The fourth-order valence-corrected chi connectivity index (χ4v) is 6.66. The first-order valence-electron chi connectivity index (χ1n) is 8.09. The number of rotatable bonds is 5. The van der Waals surface area contributed by atoms with E-state index in [-0.39, 0.29) is 26.8 Å². The molecule has 0 bridgehead atoms. The average Bonchev–Trinajstić information content (AvgIpc) is 3.13. The fraction of sp³-hybridized carbons (Fsp3) is 0.105. The first-order valence-corrected chi connectivity index (χ1v) is 11.6. The number of nitrogen functional groups attached to an aromatic ring is 1. The lowest BCUT2D eigenvalue weighted by Gasteiger charge is -2.13. The maximum absolute atomic E-state index is 13.4. The molecule has 0 saturated carbocycles. The summed E-state index contributed by atoms with van der Waals surface area (Å²) in [6.45, 7) is 0. The van der Waals surface area contributed by atoms with E-state index in [0.717, 1.165) is 17.4 Å². The number of thioether (sulfide) groups is 1. The third-order valence-electron chi connectivity index (χ3n) is 4.09. The topological polar surface area (TPSA) is 84.0 Å². The Morgan fingerprint density at radius 3 is 2.41 bits per heavy atom. The summed E-state index contributed by atoms with van der Waals surface area (Å²) in [4.78, 5) is 0.170. The molecule has 0 fully saturated rings. The molecule has 2 aromatic carbocycles. The number of hydrogen-bond acceptors (Lipinski definition) is 5. The van der Waals surface area contributed by atoms with Crippen LogP contribution in [0.3, 0.4) is 0 Å². The number of amidine groups is 1. The van der Waals surface area contributed by atoms with Crippen LogP contribution in [0.2, 0.25) is 0 Å². The number of sulfone groups is 1. The number of alkyl halides is 3. The van der Waals surface area contributed by atoms with Gasteiger partial charge in [-0.1, -0.05) is 30.3 Å². The summed E-state index contributed by atoms with van der Waals surface area (Å²) >= 11 is 2.28. The Kier molecular flexibility index (Phi) is 5.79. The Balaban J connectivity index is 2.15. The third kappa shape index (κ3) is 4.19. The van der Waals surface area contributed by atoms with Crippen LogP contribution < -0.4 is 5.73 Å². The lowest BCUT2D eigenvalue weighted by atomic mass is 9.99. The van der Waals surface area contributed by atoms with Crippen molar-refractivity contribution in [1.29, 1.82) is 5.41 Å². The van der Waals surface area contributed by atoms with Crippen LogP contribution in [0, 0.1) is 5.41 Å². The molecule has 0 aliphatic heterocycles. The highest BCUT2D eigenvalue weighted by Crippen LogP contribution is 2.40. The number of hydrogen-bond donors (Lipinski definition) is 2. The van der Waals surface area contributed by atoms with Crippen molar-refractivity contribution in [2.24, 2.45) is 5.73 Å². The van der Waals surface area contributed by atoms with E-state index in [9.17, 15) is 21.6 Å². The van der Waals surface area contributed by atoms with Crippen molar-refractivity contribution >= 4 is 38.8 Å². The zero-order chi connectivity index (χ0) is 21.4. The standard InChI is InChI=1S/C19H15F3N2O2S3/c1-27-18-16(10-15(28-18)17(23)24)29(25,26)12-6-4-5-11(9-12)13-7-2-3-8-14(13)19(20,21)22/h2-10H,1H3,(H3,23,24). The van der Waals surface area contributed by atoms with Crippen LogP contribution in [0.25, 0.3) is 11.1 Å². The summed E-state index contributed by atoms with van der Waals surface area (Å²) in [5.41, 5.74) is 4.68. The van der Waals surface area contributed by atoms with Crippen molar-refractivity contribution in [3.63, 3.8) is 0 Å². The molecule has 29 heavy (non-hydrogen) atoms. The van der Waals surface area contributed by atoms with Gasteiger partial charge in [0.15, 0.2) is 0 Å². The van der Waals surface area contributed by atoms with Crippen LogP contribution >= 0.6 is 23.1 Å². The summed E-state index contributed by atoms with van der Waals surface area (Å²) in [6, 6.07) is 11.8. The molecule has 0 amide bonds. The predicted molar refractivity (Wildman–Crippen MR) is 109 cm³/mol. The maximum Gasteiger partial charge on any atom is 0.417 e. The van der Waals surface area contributed by atoms with E-state index in [2.05, 4.69) is 0 Å². The van der Waals surface area contributed by atoms with E-state index in [0.29, 0.717) is 9.09 Å². The van der Waals surface area contributed by atoms with Gasteiger partial charge in [-0.25, -0.2) is 8.42 Å². The van der Waals surface area contributed by atoms with Gasteiger partial charge in [0.1, 0.15) is 5.84 Å². The summed E-state index contributed by atoms with van der Waals surface area (Å²) in [6.07, 6.45) is -2.87. The van der Waals surface area contributed by atoms with Crippen LogP contribution in [-0.2, 0) is 16.0 Å². The van der Waals surface area contributed by atoms with Gasteiger partial charge < -0.3 is 5.73 Å². The zero-order valence-electron chi connectivity index (χ0n) is 14.9. The molecule has 10 heteroatoms. The minimum atomic E-state index is -4.57. The number of nitrogens with two attached hydrogens (primary N) is 1. The number of halogens is 3. The molecule has 3 aromatic rings. The summed E-state index contributed by atoms with van der Waals surface area (Å²) in [7, 11) is -4.02. The van der Waals surface area contributed by atoms with Crippen LogP contribution in [0.5, 0.6) is 0 Å². The Morgan fingerprint density at radius 1 is 1.10 bits per heavy atom. The Morgan fingerprint density at radius 2 is 1.79 bits per heavy atom. The Labute approximate surface area is 174 Å². The van der Waals surface area contributed by atoms with E-state index in [1.54, 1.807) is 6.26 Å². The first kappa shape index (κ1) is 21.4. The van der Waals surface area contributed by atoms with Gasteiger partial charge in [-0.2, -0.15) is 13.2 Å². The van der Waals surface area contributed by atoms with Crippen LogP contribution in [0.1, 0.15) is 10.4 Å². The molecule has 0 unspecified atom stereocenters. The van der Waals surface area contributed by atoms with Gasteiger partial charge >= 0.3 is 6.18 Å². The molecule has 4 nitrogen and oxygen atoms in total. The van der Waals surface area contributed by atoms with Gasteiger partial charge in [0.2, 0.25) is 9.84 Å². The highest BCUT2D eigenvalue weighted by atomic mass is 32.2. The van der Waals surface area contributed by atoms with Crippen LogP contribution in [-0.4, -0.2) is 20.5 Å². The van der Waals surface area contributed by atoms with E-state index < -0.39 is 21.6 Å². The second-order valence-corrected chi connectivity index (χ2v) is 10.00. The molecule has 0 radical (unpaired) electrons. The SMILES string of the molecule is CSc1sc(C(=N)N)cc1S(=O)(=O)c1cccc(-c2ccccc2C(F)(F)F)c1. The molecular weight excluding hydrogens is 441 g/mol. The second kappa shape index (κ2) is 7.85. The van der Waals surface area contributed by atoms with Gasteiger partial charge in [-0.05, 0) is 41.6 Å². The average molecular weight is 457 g/mol. The Hall–Kier alpha value is -2.30. The number of benzene rings is 2. The molecule has 0 aliphatic rings. The van der Waals surface area contributed by atoms with Crippen molar-refractivity contribution in [1.82, 2.24) is 0 Å². The van der Waals surface area contributed by atoms with Gasteiger partial charge in [0.05, 0.1) is 24.4 Å². The normalized spacial score (nSPS) is 12.1. The Bertz CT molecular complexity index is 1190. The molecular formula is C19H15F3N2O2S3. The first-order chi connectivity index (χ1) is 13.6. The fourth-order valence-electron chi connectivity index (χ4n) is 2.76. The lowest BCUT2D eigenvalue weighted by molar-refractivity contribution is -0.137. The van der Waals surface area contributed by atoms with E-state index in [1.807, 2.05) is 0 Å². The van der Waals surface area contributed by atoms with Gasteiger partial charge in [0.25, 0.3) is 0 Å². The monoisotopic (exact) mass is 456 g/mol. The van der Waals surface area contributed by atoms with E-state index in [4.69, 9.17) is 11.1 Å². The molecule has 0 saturated heterocycles. The molecule has 0 atom stereocenters. The molecule has 3 rings (SSSR count). The molecule has 152 valence electrons. The highest BCUT2D eigenvalue weighted by Gasteiger charge is 2.33. The van der Waals surface area contributed by atoms with Gasteiger partial charge in [-0.15, -0.1) is 23.1 Å². The largest absolute Gasteiger partial charge is 0.417 e. The molecule has 1 aromatic heterocycles. The van der Waals surface area contributed by atoms with Crippen LogP contribution in [0.15, 0.2) is 68.6 Å². The zero-order valence-corrected chi connectivity index (χ0v) is 17.4. The van der Waals surface area contributed by atoms with E-state index in [1.165, 1.54) is 60.3 Å². The predicted octanol–water partition coefficient (Wildman–Crippen LogP) is 5.27. The second-order valence-electron chi connectivity index (χ2n) is 5.95. The van der Waals surface area contributed by atoms with Crippen molar-refractivity contribution in [3.05, 3.63) is 65.0 Å². The highest BCUT2D eigenvalue weighted by molar-refractivity contribution is 8.01. The van der Waals surface area contributed by atoms with Crippen molar-refractivity contribution < 1.29 is 21.6 Å².